The largest absolute Gasteiger partial charge is 0.0722 e. The molecular weight excluding hydrogens is 757 g/mol. The van der Waals surface area contributed by atoms with Crippen molar-refractivity contribution in [3.05, 3.63) is 333 Å². The molecule has 0 aliphatic rings. The van der Waals surface area contributed by atoms with Gasteiger partial charge in [-0.1, -0.05) is 267 Å². The standard InChI is InChI=1S/C63H52/c1-48-24-21-25-49(2)61(48)52(44-42-50-26-22-40-59(46-50)62(53-28-9-3-10-29-53,54-30-11-4-12-31-54)55-32-13-5-14-33-55)45-43-51-27-23-41-60(47-51)63(56-34-15-6-16-35-56,57-36-17-7-18-37-57)58-38-19-8-20-39-58/h3-42,44-47H,43H2,1-2H3/b44-42+,52-45+. The zero-order valence-corrected chi connectivity index (χ0v) is 36.1. The molecule has 63 heavy (non-hydrogen) atoms. The average molecular weight is 809 g/mol. The predicted molar refractivity (Wildman–Crippen MR) is 266 cm³/mol. The maximum Gasteiger partial charge on any atom is 0.0701 e. The summed E-state index contributed by atoms with van der Waals surface area (Å²) in [6, 6.07) is 90.7. The summed E-state index contributed by atoms with van der Waals surface area (Å²) in [5.74, 6) is 0. The molecule has 0 fully saturated rings. The first-order valence-corrected chi connectivity index (χ1v) is 22.1. The molecule has 0 aromatic heterocycles. The molecule has 0 N–H and O–H groups in total. The first-order valence-electron chi connectivity index (χ1n) is 22.1. The maximum atomic E-state index is 2.43. The zero-order chi connectivity index (χ0) is 42.9. The number of hydrogen-bond acceptors (Lipinski definition) is 0. The summed E-state index contributed by atoms with van der Waals surface area (Å²) in [6.45, 7) is 4.46. The Morgan fingerprint density at radius 3 is 1.08 bits per heavy atom. The van der Waals surface area contributed by atoms with Crippen LogP contribution in [0.2, 0.25) is 0 Å². The van der Waals surface area contributed by atoms with Crippen LogP contribution in [-0.2, 0) is 17.3 Å². The topological polar surface area (TPSA) is 0 Å². The predicted octanol–water partition coefficient (Wildman–Crippen LogP) is 15.4. The number of aryl methyl sites for hydroxylation is 2. The van der Waals surface area contributed by atoms with Crippen LogP contribution in [0.25, 0.3) is 11.6 Å². The lowest BCUT2D eigenvalue weighted by atomic mass is 9.65. The van der Waals surface area contributed by atoms with Crippen LogP contribution >= 0.6 is 0 Å². The second-order valence-electron chi connectivity index (χ2n) is 16.5. The van der Waals surface area contributed by atoms with Crippen LogP contribution in [0.1, 0.15) is 72.3 Å². The van der Waals surface area contributed by atoms with E-state index in [1.165, 1.54) is 72.3 Å². The quantitative estimate of drug-likeness (QED) is 0.0804. The smallest absolute Gasteiger partial charge is 0.0701 e. The number of rotatable bonds is 13. The number of hydrogen-bond donors (Lipinski definition) is 0. The molecule has 0 nitrogen and oxygen atoms in total. The molecule has 0 aliphatic heterocycles. The SMILES string of the molecule is Cc1cccc(C)c1C(/C=C/c1cccc(C(c2ccccc2)(c2ccccc2)c2ccccc2)c1)=C/Cc1cccc(C(c2ccccc2)(c2ccccc2)c2ccccc2)c1. The van der Waals surface area contributed by atoms with Gasteiger partial charge in [0.25, 0.3) is 0 Å². The molecule has 0 spiro atoms. The van der Waals surface area contributed by atoms with Crippen LogP contribution in [0.4, 0.5) is 0 Å². The third kappa shape index (κ3) is 8.05. The Hall–Kier alpha value is -7.54. The van der Waals surface area contributed by atoms with Gasteiger partial charge >= 0.3 is 0 Å². The van der Waals surface area contributed by atoms with Gasteiger partial charge in [0.05, 0.1) is 10.8 Å². The van der Waals surface area contributed by atoms with Crippen LogP contribution in [0.15, 0.2) is 261 Å². The molecule has 9 aromatic carbocycles. The fourth-order valence-corrected chi connectivity index (χ4v) is 9.87. The van der Waals surface area contributed by atoms with Crippen molar-refractivity contribution in [2.45, 2.75) is 31.1 Å². The van der Waals surface area contributed by atoms with E-state index in [2.05, 4.69) is 281 Å². The van der Waals surface area contributed by atoms with Crippen LogP contribution < -0.4 is 0 Å². The summed E-state index contributed by atoms with van der Waals surface area (Å²) in [5, 5.41) is 0. The second kappa shape index (κ2) is 18.6. The van der Waals surface area contributed by atoms with E-state index < -0.39 is 10.8 Å². The van der Waals surface area contributed by atoms with Crippen LogP contribution in [0.3, 0.4) is 0 Å². The lowest BCUT2D eigenvalue weighted by molar-refractivity contribution is 0.743. The molecule has 9 rings (SSSR count). The minimum absolute atomic E-state index is 0.502. The molecule has 0 heteroatoms. The van der Waals surface area contributed by atoms with Crippen molar-refractivity contribution in [1.82, 2.24) is 0 Å². The lowest BCUT2D eigenvalue weighted by Crippen LogP contribution is -2.31. The maximum absolute atomic E-state index is 2.43. The number of benzene rings is 9. The van der Waals surface area contributed by atoms with Crippen molar-refractivity contribution in [3.63, 3.8) is 0 Å². The fraction of sp³-hybridized carbons (Fsp3) is 0.0794. The molecule has 0 radical (unpaired) electrons. The van der Waals surface area contributed by atoms with Gasteiger partial charge in [-0.15, -0.1) is 0 Å². The highest BCUT2D eigenvalue weighted by Crippen LogP contribution is 2.47. The van der Waals surface area contributed by atoms with Gasteiger partial charge in [-0.2, -0.15) is 0 Å². The van der Waals surface area contributed by atoms with Crippen LogP contribution in [0, 0.1) is 13.8 Å². The van der Waals surface area contributed by atoms with Crippen LogP contribution in [0.5, 0.6) is 0 Å². The summed E-state index contributed by atoms with van der Waals surface area (Å²) in [5.41, 5.74) is 16.3. The molecule has 0 amide bonds. The average Bonchev–Trinajstić information content (AvgIpc) is 3.35. The van der Waals surface area contributed by atoms with E-state index in [4.69, 9.17) is 0 Å². The van der Waals surface area contributed by atoms with E-state index in [0.29, 0.717) is 0 Å². The van der Waals surface area contributed by atoms with E-state index in [1.54, 1.807) is 0 Å². The summed E-state index contributed by atoms with van der Waals surface area (Å²) >= 11 is 0. The fourth-order valence-electron chi connectivity index (χ4n) is 9.87. The molecule has 0 heterocycles. The molecule has 304 valence electrons. The van der Waals surface area contributed by atoms with E-state index >= 15 is 0 Å². The first kappa shape index (κ1) is 40.8. The molecule has 0 saturated heterocycles. The van der Waals surface area contributed by atoms with Crippen molar-refractivity contribution >= 4 is 11.6 Å². The van der Waals surface area contributed by atoms with E-state index in [1.807, 2.05) is 0 Å². The Morgan fingerprint density at radius 2 is 0.683 bits per heavy atom. The zero-order valence-electron chi connectivity index (χ0n) is 36.1. The Bertz CT molecular complexity index is 2730. The highest BCUT2D eigenvalue weighted by atomic mass is 14.4. The Kier molecular flexibility index (Phi) is 12.1. The highest BCUT2D eigenvalue weighted by molar-refractivity contribution is 5.82. The van der Waals surface area contributed by atoms with Gasteiger partial charge in [0, 0.05) is 0 Å². The summed E-state index contributed by atoms with van der Waals surface area (Å²) in [7, 11) is 0. The second-order valence-corrected chi connectivity index (χ2v) is 16.5. The van der Waals surface area contributed by atoms with Gasteiger partial charge < -0.3 is 0 Å². The van der Waals surface area contributed by atoms with Crippen molar-refractivity contribution < 1.29 is 0 Å². The van der Waals surface area contributed by atoms with Crippen molar-refractivity contribution in [1.29, 1.82) is 0 Å². The molecule has 9 aromatic rings. The minimum atomic E-state index is -0.515. The summed E-state index contributed by atoms with van der Waals surface area (Å²) in [6.07, 6.45) is 7.82. The van der Waals surface area contributed by atoms with E-state index in [9.17, 15) is 0 Å². The van der Waals surface area contributed by atoms with E-state index in [0.717, 1.165) is 12.0 Å². The monoisotopic (exact) mass is 808 g/mol. The van der Waals surface area contributed by atoms with Gasteiger partial charge in [0.15, 0.2) is 0 Å². The van der Waals surface area contributed by atoms with Gasteiger partial charge in [-0.25, -0.2) is 0 Å². The highest BCUT2D eigenvalue weighted by Gasteiger charge is 2.39. The number of allylic oxidation sites excluding steroid dienone is 3. The molecule has 0 saturated carbocycles. The molecule has 0 aliphatic carbocycles. The normalized spacial score (nSPS) is 12.1. The van der Waals surface area contributed by atoms with Gasteiger partial charge in [-0.05, 0) is 98.2 Å². The summed E-state index contributed by atoms with van der Waals surface area (Å²) < 4.78 is 0. The van der Waals surface area contributed by atoms with Gasteiger partial charge in [-0.3, -0.25) is 0 Å². The third-order valence-electron chi connectivity index (χ3n) is 12.7. The molecular formula is C63H52. The Morgan fingerprint density at radius 1 is 0.349 bits per heavy atom. The van der Waals surface area contributed by atoms with Crippen LogP contribution in [-0.4, -0.2) is 0 Å². The minimum Gasteiger partial charge on any atom is -0.0722 e. The van der Waals surface area contributed by atoms with Gasteiger partial charge in [0.1, 0.15) is 0 Å². The van der Waals surface area contributed by atoms with E-state index in [-0.39, 0.29) is 0 Å². The lowest BCUT2D eigenvalue weighted by Gasteiger charge is -2.37. The Balaban J connectivity index is 1.15. The molecule has 0 atom stereocenters. The summed E-state index contributed by atoms with van der Waals surface area (Å²) in [4.78, 5) is 0. The molecule has 0 unspecified atom stereocenters. The molecule has 0 bridgehead atoms. The first-order chi connectivity index (χ1) is 31.1. The van der Waals surface area contributed by atoms with Crippen molar-refractivity contribution in [2.24, 2.45) is 0 Å². The third-order valence-corrected chi connectivity index (χ3v) is 12.7. The van der Waals surface area contributed by atoms with Crippen molar-refractivity contribution in [3.8, 4) is 0 Å². The van der Waals surface area contributed by atoms with Crippen molar-refractivity contribution in [2.75, 3.05) is 0 Å². The van der Waals surface area contributed by atoms with Gasteiger partial charge in [0.2, 0.25) is 0 Å². The Labute approximate surface area is 374 Å².